The molecule has 1 N–H and O–H groups in total. The Hall–Kier alpha value is -1.92. The molecule has 0 aliphatic carbocycles. The first-order chi connectivity index (χ1) is 11.9. The molecule has 6 nitrogen and oxygen atoms in total. The Balaban J connectivity index is 1.55. The summed E-state index contributed by atoms with van der Waals surface area (Å²) in [6.07, 6.45) is 1.31. The lowest BCUT2D eigenvalue weighted by Crippen LogP contribution is -2.54. The molecule has 2 saturated heterocycles. The molecule has 2 amide bonds. The number of benzene rings is 1. The molecule has 2 aliphatic rings. The maximum Gasteiger partial charge on any atom is 0.237 e. The summed E-state index contributed by atoms with van der Waals surface area (Å²) in [6.45, 7) is 6.11. The third-order valence-corrected chi connectivity index (χ3v) is 5.02. The highest BCUT2D eigenvalue weighted by Gasteiger charge is 2.45. The quantitative estimate of drug-likeness (QED) is 0.843. The average Bonchev–Trinajstić information content (AvgIpc) is 3.08. The molecule has 2 aliphatic heterocycles. The van der Waals surface area contributed by atoms with Gasteiger partial charge >= 0.3 is 0 Å². The van der Waals surface area contributed by atoms with Gasteiger partial charge in [-0.2, -0.15) is 0 Å². The number of carbonyl (C=O) groups is 2. The first-order valence-corrected chi connectivity index (χ1v) is 8.82. The Morgan fingerprint density at radius 3 is 2.32 bits per heavy atom. The predicted octanol–water partition coefficient (Wildman–Crippen LogP) is 1.69. The zero-order valence-corrected chi connectivity index (χ0v) is 14.9. The molecular weight excluding hydrogens is 320 g/mol. The number of ether oxygens (including phenoxy) is 2. The van der Waals surface area contributed by atoms with Crippen LogP contribution in [0.15, 0.2) is 30.3 Å². The van der Waals surface area contributed by atoms with Crippen LogP contribution in [-0.4, -0.2) is 48.8 Å². The molecule has 1 spiro atoms. The summed E-state index contributed by atoms with van der Waals surface area (Å²) >= 11 is 0. The van der Waals surface area contributed by atoms with Gasteiger partial charge in [-0.1, -0.05) is 30.3 Å². The summed E-state index contributed by atoms with van der Waals surface area (Å²) in [4.78, 5) is 27.2. The smallest absolute Gasteiger partial charge is 0.237 e. The summed E-state index contributed by atoms with van der Waals surface area (Å²) < 4.78 is 11.4. The summed E-state index contributed by atoms with van der Waals surface area (Å²) in [5.74, 6) is -0.919. The lowest BCUT2D eigenvalue weighted by Gasteiger charge is -2.40. The van der Waals surface area contributed by atoms with E-state index in [0.717, 1.165) is 5.56 Å². The van der Waals surface area contributed by atoms with E-state index in [4.69, 9.17) is 9.47 Å². The van der Waals surface area contributed by atoms with E-state index in [1.165, 1.54) is 0 Å². The monoisotopic (exact) mass is 346 g/mol. The molecule has 0 bridgehead atoms. The molecule has 6 heteroatoms. The van der Waals surface area contributed by atoms with Crippen LogP contribution in [0.5, 0.6) is 0 Å². The SMILES string of the molecule is CC(C)(C(=O)NCc1ccccc1)C(=O)N1CCC2(CC1)OCCO2. The van der Waals surface area contributed by atoms with Gasteiger partial charge in [-0.05, 0) is 19.4 Å². The van der Waals surface area contributed by atoms with Crippen molar-refractivity contribution in [3.8, 4) is 0 Å². The first kappa shape index (κ1) is 17.9. The van der Waals surface area contributed by atoms with Gasteiger partial charge in [0.2, 0.25) is 11.8 Å². The van der Waals surface area contributed by atoms with Crippen LogP contribution in [0.3, 0.4) is 0 Å². The Bertz CT molecular complexity index is 614. The molecule has 0 radical (unpaired) electrons. The largest absolute Gasteiger partial charge is 0.351 e. The second-order valence-electron chi connectivity index (χ2n) is 7.19. The zero-order valence-electron chi connectivity index (χ0n) is 14.9. The number of likely N-dealkylation sites (tertiary alicyclic amines) is 1. The molecule has 0 unspecified atom stereocenters. The molecule has 2 heterocycles. The average molecular weight is 346 g/mol. The van der Waals surface area contributed by atoms with E-state index < -0.39 is 11.2 Å². The van der Waals surface area contributed by atoms with Crippen LogP contribution >= 0.6 is 0 Å². The Labute approximate surface area is 148 Å². The Kier molecular flexibility index (Phi) is 5.11. The van der Waals surface area contributed by atoms with E-state index in [-0.39, 0.29) is 11.8 Å². The van der Waals surface area contributed by atoms with Crippen molar-refractivity contribution in [2.24, 2.45) is 5.41 Å². The van der Waals surface area contributed by atoms with Crippen LogP contribution in [0, 0.1) is 5.41 Å². The first-order valence-electron chi connectivity index (χ1n) is 8.82. The lowest BCUT2D eigenvalue weighted by atomic mass is 9.88. The molecule has 3 rings (SSSR count). The Morgan fingerprint density at radius 2 is 1.72 bits per heavy atom. The third kappa shape index (κ3) is 3.85. The van der Waals surface area contributed by atoms with E-state index in [9.17, 15) is 9.59 Å². The van der Waals surface area contributed by atoms with E-state index in [1.807, 2.05) is 30.3 Å². The maximum atomic E-state index is 12.9. The fraction of sp³-hybridized carbons (Fsp3) is 0.579. The molecule has 0 saturated carbocycles. The second-order valence-corrected chi connectivity index (χ2v) is 7.19. The van der Waals surface area contributed by atoms with Gasteiger partial charge in [-0.3, -0.25) is 9.59 Å². The summed E-state index contributed by atoms with van der Waals surface area (Å²) in [6, 6.07) is 9.67. The Morgan fingerprint density at radius 1 is 1.12 bits per heavy atom. The van der Waals surface area contributed by atoms with E-state index >= 15 is 0 Å². The minimum Gasteiger partial charge on any atom is -0.351 e. The molecule has 1 aromatic carbocycles. The van der Waals surface area contributed by atoms with Crippen LogP contribution in [0.1, 0.15) is 32.3 Å². The van der Waals surface area contributed by atoms with Gasteiger partial charge in [0.25, 0.3) is 0 Å². The number of piperidine rings is 1. The van der Waals surface area contributed by atoms with Crippen LogP contribution in [0.4, 0.5) is 0 Å². The van der Waals surface area contributed by atoms with Gasteiger partial charge in [-0.25, -0.2) is 0 Å². The van der Waals surface area contributed by atoms with Gasteiger partial charge < -0.3 is 19.7 Å². The molecule has 0 aromatic heterocycles. The normalized spacial score (nSPS) is 19.8. The molecule has 0 atom stereocenters. The maximum absolute atomic E-state index is 12.9. The number of hydrogen-bond acceptors (Lipinski definition) is 4. The summed E-state index contributed by atoms with van der Waals surface area (Å²) in [7, 11) is 0. The molecular formula is C19H26N2O4. The third-order valence-electron chi connectivity index (χ3n) is 5.02. The zero-order chi connectivity index (χ0) is 17.9. The highest BCUT2D eigenvalue weighted by atomic mass is 16.7. The highest BCUT2D eigenvalue weighted by Crippen LogP contribution is 2.33. The number of hydrogen-bond donors (Lipinski definition) is 1. The molecule has 1 aromatic rings. The van der Waals surface area contributed by atoms with Gasteiger partial charge in [0.05, 0.1) is 13.2 Å². The van der Waals surface area contributed by atoms with Crippen molar-refractivity contribution in [1.29, 1.82) is 0 Å². The van der Waals surface area contributed by atoms with Crippen molar-refractivity contribution >= 4 is 11.8 Å². The van der Waals surface area contributed by atoms with Crippen molar-refractivity contribution in [3.05, 3.63) is 35.9 Å². The van der Waals surface area contributed by atoms with Crippen LogP contribution in [-0.2, 0) is 25.6 Å². The van der Waals surface area contributed by atoms with Gasteiger partial charge in [-0.15, -0.1) is 0 Å². The topological polar surface area (TPSA) is 67.9 Å². The van der Waals surface area contributed by atoms with Crippen LogP contribution in [0.2, 0.25) is 0 Å². The number of nitrogens with one attached hydrogen (secondary N) is 1. The van der Waals surface area contributed by atoms with Crippen LogP contribution < -0.4 is 5.32 Å². The lowest BCUT2D eigenvalue weighted by molar-refractivity contribution is -0.189. The fourth-order valence-corrected chi connectivity index (χ4v) is 3.33. The highest BCUT2D eigenvalue weighted by molar-refractivity contribution is 6.04. The van der Waals surface area contributed by atoms with Crippen molar-refractivity contribution < 1.29 is 19.1 Å². The molecule has 136 valence electrons. The fourth-order valence-electron chi connectivity index (χ4n) is 3.33. The predicted molar refractivity (Wildman–Crippen MR) is 92.5 cm³/mol. The summed E-state index contributed by atoms with van der Waals surface area (Å²) in [5.41, 5.74) is -0.0917. The standard InChI is InChI=1S/C19H26N2O4/c1-18(2,16(22)20-14-15-6-4-3-5-7-15)17(23)21-10-8-19(9-11-21)24-12-13-25-19/h3-7H,8-14H2,1-2H3,(H,20,22). The van der Waals surface area contributed by atoms with Crippen molar-refractivity contribution in [2.45, 2.75) is 39.0 Å². The number of carbonyl (C=O) groups excluding carboxylic acids is 2. The van der Waals surface area contributed by atoms with Crippen LogP contribution in [0.25, 0.3) is 0 Å². The molecule has 2 fully saturated rings. The van der Waals surface area contributed by atoms with Crippen molar-refractivity contribution in [3.63, 3.8) is 0 Å². The minimum absolute atomic E-state index is 0.147. The number of amides is 2. The van der Waals surface area contributed by atoms with Crippen molar-refractivity contribution in [2.75, 3.05) is 26.3 Å². The van der Waals surface area contributed by atoms with E-state index in [1.54, 1.807) is 18.7 Å². The minimum atomic E-state index is -1.10. The van der Waals surface area contributed by atoms with E-state index in [0.29, 0.717) is 45.7 Å². The summed E-state index contributed by atoms with van der Waals surface area (Å²) in [5, 5.41) is 2.87. The van der Waals surface area contributed by atoms with E-state index in [2.05, 4.69) is 5.32 Å². The van der Waals surface area contributed by atoms with Gasteiger partial charge in [0.1, 0.15) is 5.41 Å². The van der Waals surface area contributed by atoms with Gasteiger partial charge in [0, 0.05) is 32.5 Å². The number of nitrogens with zero attached hydrogens (tertiary/aromatic N) is 1. The number of rotatable bonds is 4. The molecule has 25 heavy (non-hydrogen) atoms. The second kappa shape index (κ2) is 7.14. The van der Waals surface area contributed by atoms with Gasteiger partial charge in [0.15, 0.2) is 5.79 Å². The van der Waals surface area contributed by atoms with Crippen molar-refractivity contribution in [1.82, 2.24) is 10.2 Å².